The minimum absolute atomic E-state index is 0.0802. The molecule has 1 heterocycles. The molecule has 0 fully saturated rings. The fourth-order valence-corrected chi connectivity index (χ4v) is 2.42. The normalized spacial score (nSPS) is 12.2. The van der Waals surface area contributed by atoms with Crippen LogP contribution in [0.3, 0.4) is 0 Å². The summed E-state index contributed by atoms with van der Waals surface area (Å²) in [6, 6.07) is 5.28. The lowest BCUT2D eigenvalue weighted by atomic mass is 10.1. The zero-order chi connectivity index (χ0) is 14.5. The van der Waals surface area contributed by atoms with Crippen molar-refractivity contribution in [2.45, 2.75) is 25.9 Å². The van der Waals surface area contributed by atoms with Gasteiger partial charge in [0.2, 0.25) is 5.91 Å². The van der Waals surface area contributed by atoms with E-state index in [1.165, 1.54) is 10.9 Å². The molecular formula is C13H14Cl2N4O. The van der Waals surface area contributed by atoms with Crippen LogP contribution in [-0.2, 0) is 17.8 Å². The van der Waals surface area contributed by atoms with Crippen LogP contribution in [0.25, 0.3) is 0 Å². The van der Waals surface area contributed by atoms with E-state index in [9.17, 15) is 4.79 Å². The maximum atomic E-state index is 11.8. The highest BCUT2D eigenvalue weighted by atomic mass is 35.5. The summed E-state index contributed by atoms with van der Waals surface area (Å²) in [5.74, 6) is -0.133. The van der Waals surface area contributed by atoms with Crippen LogP contribution < -0.4 is 5.32 Å². The molecule has 1 aromatic heterocycles. The van der Waals surface area contributed by atoms with Gasteiger partial charge in [-0.1, -0.05) is 34.5 Å². The van der Waals surface area contributed by atoms with E-state index in [1.807, 2.05) is 6.92 Å². The third-order valence-electron chi connectivity index (χ3n) is 2.76. The molecule has 5 nitrogen and oxygen atoms in total. The van der Waals surface area contributed by atoms with E-state index in [-0.39, 0.29) is 18.5 Å². The van der Waals surface area contributed by atoms with Gasteiger partial charge in [0.25, 0.3) is 0 Å². The molecule has 20 heavy (non-hydrogen) atoms. The van der Waals surface area contributed by atoms with Gasteiger partial charge in [-0.3, -0.25) is 4.79 Å². The van der Waals surface area contributed by atoms with Crippen LogP contribution in [0, 0.1) is 0 Å². The third kappa shape index (κ3) is 3.95. The number of carbonyl (C=O) groups is 1. The SMILES string of the molecule is C[C@@H](Cc1c(Cl)cccc1Cl)NC(=O)Cn1ccnn1. The average molecular weight is 313 g/mol. The fourth-order valence-electron chi connectivity index (χ4n) is 1.87. The van der Waals surface area contributed by atoms with Crippen molar-refractivity contribution in [3.63, 3.8) is 0 Å². The molecule has 0 aliphatic carbocycles. The molecule has 0 saturated carbocycles. The molecule has 1 atom stereocenters. The lowest BCUT2D eigenvalue weighted by Crippen LogP contribution is -2.36. The Kier molecular flexibility index (Phi) is 4.98. The molecule has 0 saturated heterocycles. The van der Waals surface area contributed by atoms with Crippen molar-refractivity contribution in [1.82, 2.24) is 20.3 Å². The Labute approximate surface area is 126 Å². The molecule has 1 N–H and O–H groups in total. The first-order chi connectivity index (χ1) is 9.56. The van der Waals surface area contributed by atoms with Gasteiger partial charge in [0.15, 0.2) is 0 Å². The summed E-state index contributed by atoms with van der Waals surface area (Å²) in [5.41, 5.74) is 0.837. The summed E-state index contributed by atoms with van der Waals surface area (Å²) >= 11 is 12.2. The summed E-state index contributed by atoms with van der Waals surface area (Å²) < 4.78 is 1.46. The number of rotatable bonds is 5. The number of benzene rings is 1. The lowest BCUT2D eigenvalue weighted by molar-refractivity contribution is -0.122. The molecule has 1 amide bonds. The number of aromatic nitrogens is 3. The molecule has 2 rings (SSSR count). The highest BCUT2D eigenvalue weighted by molar-refractivity contribution is 6.36. The zero-order valence-corrected chi connectivity index (χ0v) is 12.4. The molecule has 7 heteroatoms. The molecule has 1 aromatic carbocycles. The Balaban J connectivity index is 1.92. The molecule has 0 aliphatic rings. The summed E-state index contributed by atoms with van der Waals surface area (Å²) in [6.45, 7) is 2.04. The summed E-state index contributed by atoms with van der Waals surface area (Å²) in [5, 5.41) is 11.5. The maximum Gasteiger partial charge on any atom is 0.242 e. The second-order valence-electron chi connectivity index (χ2n) is 4.47. The summed E-state index contributed by atoms with van der Waals surface area (Å²) in [6.07, 6.45) is 3.73. The van der Waals surface area contributed by atoms with Crippen molar-refractivity contribution in [2.24, 2.45) is 0 Å². The molecular weight excluding hydrogens is 299 g/mol. The largest absolute Gasteiger partial charge is 0.352 e. The third-order valence-corrected chi connectivity index (χ3v) is 3.47. The van der Waals surface area contributed by atoms with E-state index in [0.717, 1.165) is 5.56 Å². The Bertz CT molecular complexity index is 566. The standard InChI is InChI=1S/C13H14Cl2N4O/c1-9(7-10-11(14)3-2-4-12(10)15)17-13(20)8-19-6-5-16-18-19/h2-6,9H,7-8H2,1H3,(H,17,20)/t9-/m0/s1. The van der Waals surface area contributed by atoms with Crippen LogP contribution in [0.4, 0.5) is 0 Å². The quantitative estimate of drug-likeness (QED) is 0.921. The monoisotopic (exact) mass is 312 g/mol. The minimum atomic E-state index is -0.133. The Hall–Kier alpha value is -1.59. The van der Waals surface area contributed by atoms with Gasteiger partial charge in [0.05, 0.1) is 6.20 Å². The van der Waals surface area contributed by atoms with Gasteiger partial charge in [-0.05, 0) is 31.0 Å². The minimum Gasteiger partial charge on any atom is -0.352 e. The molecule has 0 spiro atoms. The summed E-state index contributed by atoms with van der Waals surface area (Å²) in [7, 11) is 0. The molecule has 0 radical (unpaired) electrons. The predicted molar refractivity (Wildman–Crippen MR) is 77.8 cm³/mol. The van der Waals surface area contributed by atoms with Crippen LogP contribution in [0.15, 0.2) is 30.6 Å². The molecule has 2 aromatic rings. The second kappa shape index (κ2) is 6.72. The number of hydrogen-bond donors (Lipinski definition) is 1. The van der Waals surface area contributed by atoms with Crippen LogP contribution in [0.1, 0.15) is 12.5 Å². The Morgan fingerprint density at radius 2 is 2.10 bits per heavy atom. The van der Waals surface area contributed by atoms with Crippen molar-refractivity contribution in [3.8, 4) is 0 Å². The number of amides is 1. The number of nitrogens with zero attached hydrogens (tertiary/aromatic N) is 3. The first-order valence-corrected chi connectivity index (χ1v) is 6.88. The number of nitrogens with one attached hydrogen (secondary N) is 1. The molecule has 106 valence electrons. The first kappa shape index (κ1) is 14.8. The lowest BCUT2D eigenvalue weighted by Gasteiger charge is -2.15. The van der Waals surface area contributed by atoms with E-state index in [4.69, 9.17) is 23.2 Å². The van der Waals surface area contributed by atoms with Gasteiger partial charge in [-0.15, -0.1) is 5.10 Å². The van der Waals surface area contributed by atoms with Crippen molar-refractivity contribution in [3.05, 3.63) is 46.2 Å². The average Bonchev–Trinajstić information content (AvgIpc) is 2.86. The Morgan fingerprint density at radius 1 is 1.40 bits per heavy atom. The zero-order valence-electron chi connectivity index (χ0n) is 10.9. The van der Waals surface area contributed by atoms with E-state index in [0.29, 0.717) is 16.5 Å². The number of halogens is 2. The van der Waals surface area contributed by atoms with E-state index in [1.54, 1.807) is 24.4 Å². The van der Waals surface area contributed by atoms with E-state index < -0.39 is 0 Å². The van der Waals surface area contributed by atoms with Gasteiger partial charge in [0, 0.05) is 22.3 Å². The van der Waals surface area contributed by atoms with Gasteiger partial charge in [-0.2, -0.15) is 0 Å². The van der Waals surface area contributed by atoms with Gasteiger partial charge >= 0.3 is 0 Å². The highest BCUT2D eigenvalue weighted by Gasteiger charge is 2.13. The second-order valence-corrected chi connectivity index (χ2v) is 5.29. The van der Waals surface area contributed by atoms with Crippen LogP contribution >= 0.6 is 23.2 Å². The van der Waals surface area contributed by atoms with Crippen molar-refractivity contribution in [1.29, 1.82) is 0 Å². The first-order valence-electron chi connectivity index (χ1n) is 6.12. The fraction of sp³-hybridized carbons (Fsp3) is 0.308. The van der Waals surface area contributed by atoms with Crippen LogP contribution in [0.5, 0.6) is 0 Å². The molecule has 0 aliphatic heterocycles. The topological polar surface area (TPSA) is 59.8 Å². The molecule has 0 bridgehead atoms. The van der Waals surface area contributed by atoms with Crippen molar-refractivity contribution in [2.75, 3.05) is 0 Å². The van der Waals surface area contributed by atoms with Gasteiger partial charge in [0.1, 0.15) is 6.54 Å². The summed E-state index contributed by atoms with van der Waals surface area (Å²) in [4.78, 5) is 11.8. The van der Waals surface area contributed by atoms with Crippen molar-refractivity contribution < 1.29 is 4.79 Å². The van der Waals surface area contributed by atoms with Crippen LogP contribution in [-0.4, -0.2) is 26.9 Å². The number of hydrogen-bond acceptors (Lipinski definition) is 3. The number of carbonyl (C=O) groups excluding carboxylic acids is 1. The van der Waals surface area contributed by atoms with Crippen LogP contribution in [0.2, 0.25) is 10.0 Å². The smallest absolute Gasteiger partial charge is 0.242 e. The van der Waals surface area contributed by atoms with E-state index >= 15 is 0 Å². The maximum absolute atomic E-state index is 11.8. The predicted octanol–water partition coefficient (Wildman–Crippen LogP) is 2.33. The van der Waals surface area contributed by atoms with Gasteiger partial charge < -0.3 is 5.32 Å². The highest BCUT2D eigenvalue weighted by Crippen LogP contribution is 2.25. The molecule has 0 unspecified atom stereocenters. The van der Waals surface area contributed by atoms with Crippen molar-refractivity contribution >= 4 is 29.1 Å². The van der Waals surface area contributed by atoms with E-state index in [2.05, 4.69) is 15.6 Å². The van der Waals surface area contributed by atoms with Gasteiger partial charge in [-0.25, -0.2) is 4.68 Å². The Morgan fingerprint density at radius 3 is 2.70 bits per heavy atom.